The van der Waals surface area contributed by atoms with Crippen LogP contribution in [0.25, 0.3) is 0 Å². The van der Waals surface area contributed by atoms with Crippen LogP contribution in [0.5, 0.6) is 0 Å². The minimum absolute atomic E-state index is 0.0168. The molecule has 1 saturated carbocycles. The summed E-state index contributed by atoms with van der Waals surface area (Å²) >= 11 is 0. The van der Waals surface area contributed by atoms with E-state index in [0.717, 1.165) is 19.3 Å². The van der Waals surface area contributed by atoms with E-state index < -0.39 is 5.54 Å². The average molecular weight is 289 g/mol. The zero-order valence-corrected chi connectivity index (χ0v) is 13.4. The van der Waals surface area contributed by atoms with Crippen LogP contribution in [-0.4, -0.2) is 23.2 Å². The van der Waals surface area contributed by atoms with Gasteiger partial charge >= 0.3 is 0 Å². The Morgan fingerprint density at radius 1 is 1.38 bits per heavy atom. The molecule has 0 saturated heterocycles. The third-order valence-corrected chi connectivity index (χ3v) is 4.68. The lowest BCUT2D eigenvalue weighted by molar-refractivity contribution is -0.124. The van der Waals surface area contributed by atoms with E-state index in [1.807, 2.05) is 6.92 Å². The number of nitrogens with one attached hydrogen (secondary N) is 1. The summed E-state index contributed by atoms with van der Waals surface area (Å²) in [7, 11) is 0. The van der Waals surface area contributed by atoms with Crippen LogP contribution in [0, 0.1) is 5.92 Å². The molecule has 0 spiro atoms. The summed E-state index contributed by atoms with van der Waals surface area (Å²) in [5.41, 5.74) is 2.07. The Bertz CT molecular complexity index is 478. The molecular weight excluding hydrogens is 262 g/mol. The average Bonchev–Trinajstić information content (AvgIpc) is 3.32. The molecule has 1 aromatic rings. The lowest BCUT2D eigenvalue weighted by atomic mass is 9.93. The molecule has 2 N–H and O–H groups in total. The first-order valence-corrected chi connectivity index (χ1v) is 7.99. The molecule has 1 aliphatic rings. The summed E-state index contributed by atoms with van der Waals surface area (Å²) < 4.78 is 0. The largest absolute Gasteiger partial charge is 0.394 e. The SMILES string of the molecule is CCc1ccc(C(C)CC(=O)NC(C)(CO)C2CC2)cc1. The van der Waals surface area contributed by atoms with Crippen LogP contribution in [0.4, 0.5) is 0 Å². The van der Waals surface area contributed by atoms with Gasteiger partial charge in [-0.1, -0.05) is 38.1 Å². The van der Waals surface area contributed by atoms with Gasteiger partial charge in [0.25, 0.3) is 0 Å². The summed E-state index contributed by atoms with van der Waals surface area (Å²) in [5, 5.41) is 12.6. The van der Waals surface area contributed by atoms with Crippen LogP contribution in [0.15, 0.2) is 24.3 Å². The standard InChI is InChI=1S/C18H27NO2/c1-4-14-5-7-15(8-6-14)13(2)11-17(21)19-18(3,12-20)16-9-10-16/h5-8,13,16,20H,4,9-12H2,1-3H3,(H,19,21). The van der Waals surface area contributed by atoms with E-state index in [-0.39, 0.29) is 18.4 Å². The smallest absolute Gasteiger partial charge is 0.221 e. The fourth-order valence-electron chi connectivity index (χ4n) is 2.84. The Morgan fingerprint density at radius 3 is 2.48 bits per heavy atom. The summed E-state index contributed by atoms with van der Waals surface area (Å²) in [5.74, 6) is 0.661. The van der Waals surface area contributed by atoms with Gasteiger partial charge in [0.05, 0.1) is 12.1 Å². The van der Waals surface area contributed by atoms with Gasteiger partial charge in [0.2, 0.25) is 5.91 Å². The van der Waals surface area contributed by atoms with E-state index in [9.17, 15) is 9.90 Å². The first kappa shape index (κ1) is 16.0. The van der Waals surface area contributed by atoms with Crippen molar-refractivity contribution >= 4 is 5.91 Å². The molecule has 1 fully saturated rings. The summed E-state index contributed by atoms with van der Waals surface area (Å²) in [4.78, 5) is 12.2. The van der Waals surface area contributed by atoms with Crippen LogP contribution in [0.1, 0.15) is 57.1 Å². The minimum Gasteiger partial charge on any atom is -0.394 e. The van der Waals surface area contributed by atoms with Crippen molar-refractivity contribution in [2.45, 2.75) is 57.9 Å². The molecule has 2 unspecified atom stereocenters. The van der Waals surface area contributed by atoms with Crippen molar-refractivity contribution in [1.29, 1.82) is 0 Å². The van der Waals surface area contributed by atoms with E-state index in [0.29, 0.717) is 12.3 Å². The predicted molar refractivity (Wildman–Crippen MR) is 85.2 cm³/mol. The monoisotopic (exact) mass is 289 g/mol. The highest BCUT2D eigenvalue weighted by atomic mass is 16.3. The molecule has 1 aromatic carbocycles. The van der Waals surface area contributed by atoms with Gasteiger partial charge in [-0.05, 0) is 49.1 Å². The van der Waals surface area contributed by atoms with E-state index >= 15 is 0 Å². The van der Waals surface area contributed by atoms with Gasteiger partial charge in [-0.3, -0.25) is 4.79 Å². The highest BCUT2D eigenvalue weighted by Gasteiger charge is 2.42. The summed E-state index contributed by atoms with van der Waals surface area (Å²) in [6.45, 7) is 6.18. The maximum atomic E-state index is 12.2. The number of rotatable bonds is 7. The second-order valence-electron chi connectivity index (χ2n) is 6.60. The van der Waals surface area contributed by atoms with E-state index in [1.165, 1.54) is 11.1 Å². The highest BCUT2D eigenvalue weighted by Crippen LogP contribution is 2.39. The number of benzene rings is 1. The molecule has 2 rings (SSSR count). The Hall–Kier alpha value is -1.35. The number of amides is 1. The van der Waals surface area contributed by atoms with E-state index in [1.54, 1.807) is 0 Å². The Kier molecular flexibility index (Phi) is 5.04. The predicted octanol–water partition coefficient (Wildman–Crippen LogP) is 3.02. The molecule has 0 radical (unpaired) electrons. The molecule has 0 bridgehead atoms. The van der Waals surface area contributed by atoms with Gasteiger partial charge in [0, 0.05) is 6.42 Å². The topological polar surface area (TPSA) is 49.3 Å². The molecule has 0 aromatic heterocycles. The highest BCUT2D eigenvalue weighted by molar-refractivity contribution is 5.77. The fraction of sp³-hybridized carbons (Fsp3) is 0.611. The molecule has 116 valence electrons. The fourth-order valence-corrected chi connectivity index (χ4v) is 2.84. The first-order valence-electron chi connectivity index (χ1n) is 7.99. The van der Waals surface area contributed by atoms with Crippen molar-refractivity contribution in [3.63, 3.8) is 0 Å². The number of aryl methyl sites for hydroxylation is 1. The van der Waals surface area contributed by atoms with E-state index in [2.05, 4.69) is 43.4 Å². The van der Waals surface area contributed by atoms with E-state index in [4.69, 9.17) is 0 Å². The molecule has 2 atom stereocenters. The third kappa shape index (κ3) is 4.07. The lowest BCUT2D eigenvalue weighted by Gasteiger charge is -2.29. The summed E-state index contributed by atoms with van der Waals surface area (Å²) in [6, 6.07) is 8.49. The van der Waals surface area contributed by atoms with Crippen molar-refractivity contribution in [2.75, 3.05) is 6.61 Å². The number of carbonyl (C=O) groups excluding carboxylic acids is 1. The van der Waals surface area contributed by atoms with Crippen LogP contribution >= 0.6 is 0 Å². The van der Waals surface area contributed by atoms with Gasteiger partial charge in [0.15, 0.2) is 0 Å². The zero-order chi connectivity index (χ0) is 15.5. The van der Waals surface area contributed by atoms with Gasteiger partial charge in [-0.25, -0.2) is 0 Å². The number of hydrogen-bond acceptors (Lipinski definition) is 2. The molecule has 3 nitrogen and oxygen atoms in total. The van der Waals surface area contributed by atoms with Crippen LogP contribution < -0.4 is 5.32 Å². The van der Waals surface area contributed by atoms with Crippen molar-refractivity contribution in [3.8, 4) is 0 Å². The number of carbonyl (C=O) groups is 1. The molecule has 1 aliphatic carbocycles. The maximum Gasteiger partial charge on any atom is 0.221 e. The molecule has 0 aliphatic heterocycles. The van der Waals surface area contributed by atoms with Crippen LogP contribution in [-0.2, 0) is 11.2 Å². The first-order chi connectivity index (χ1) is 9.98. The van der Waals surface area contributed by atoms with Gasteiger partial charge < -0.3 is 10.4 Å². The second-order valence-corrected chi connectivity index (χ2v) is 6.60. The molecule has 3 heteroatoms. The third-order valence-electron chi connectivity index (χ3n) is 4.68. The number of hydrogen-bond donors (Lipinski definition) is 2. The number of aliphatic hydroxyl groups excluding tert-OH is 1. The Balaban J connectivity index is 1.91. The van der Waals surface area contributed by atoms with Crippen molar-refractivity contribution in [3.05, 3.63) is 35.4 Å². The Labute approximate surface area is 127 Å². The van der Waals surface area contributed by atoms with Gasteiger partial charge in [0.1, 0.15) is 0 Å². The molecule has 0 heterocycles. The van der Waals surface area contributed by atoms with Crippen LogP contribution in [0.2, 0.25) is 0 Å². The minimum atomic E-state index is -0.442. The van der Waals surface area contributed by atoms with Gasteiger partial charge in [-0.2, -0.15) is 0 Å². The van der Waals surface area contributed by atoms with Crippen molar-refractivity contribution in [1.82, 2.24) is 5.32 Å². The Morgan fingerprint density at radius 2 is 2.00 bits per heavy atom. The van der Waals surface area contributed by atoms with Crippen molar-refractivity contribution in [2.24, 2.45) is 5.92 Å². The molecule has 1 amide bonds. The summed E-state index contributed by atoms with van der Waals surface area (Å²) in [6.07, 6.45) is 3.70. The normalized spacial score (nSPS) is 18.9. The second kappa shape index (κ2) is 6.61. The van der Waals surface area contributed by atoms with Crippen LogP contribution in [0.3, 0.4) is 0 Å². The quantitative estimate of drug-likeness (QED) is 0.810. The lowest BCUT2D eigenvalue weighted by Crippen LogP contribution is -2.50. The van der Waals surface area contributed by atoms with Crippen molar-refractivity contribution < 1.29 is 9.90 Å². The molecular formula is C18H27NO2. The van der Waals surface area contributed by atoms with Gasteiger partial charge in [-0.15, -0.1) is 0 Å². The maximum absolute atomic E-state index is 12.2. The number of aliphatic hydroxyl groups is 1. The molecule has 21 heavy (non-hydrogen) atoms. The zero-order valence-electron chi connectivity index (χ0n) is 13.4.